The van der Waals surface area contributed by atoms with Crippen LogP contribution in [0.1, 0.15) is 5.56 Å². The fourth-order valence-corrected chi connectivity index (χ4v) is 2.43. The Balaban J connectivity index is 1.52. The van der Waals surface area contributed by atoms with Crippen LogP contribution in [0.2, 0.25) is 0 Å². The monoisotopic (exact) mass is 407 g/mol. The molecule has 4 N–H and O–H groups in total. The fraction of sp³-hybridized carbons (Fsp3) is 0.125. The molecule has 130 valence electrons. The molecule has 0 fully saturated rings. The van der Waals surface area contributed by atoms with Crippen molar-refractivity contribution in [2.75, 3.05) is 18.7 Å². The van der Waals surface area contributed by atoms with E-state index in [2.05, 4.69) is 31.8 Å². The van der Waals surface area contributed by atoms with E-state index in [0.717, 1.165) is 0 Å². The molecule has 0 aromatic heterocycles. The Labute approximate surface area is 151 Å². The first-order valence-corrected chi connectivity index (χ1v) is 7.99. The van der Waals surface area contributed by atoms with Crippen LogP contribution in [0.3, 0.4) is 0 Å². The Kier molecular flexibility index (Phi) is 4.94. The van der Waals surface area contributed by atoms with Crippen LogP contribution in [0.4, 0.5) is 5.69 Å². The number of phenolic OH excluding ortho intramolecular Hbond substituents is 2. The van der Waals surface area contributed by atoms with Gasteiger partial charge in [-0.2, -0.15) is 5.10 Å². The largest absolute Gasteiger partial charge is 0.507 e. The number of anilines is 1. The third-order valence-electron chi connectivity index (χ3n) is 3.31. The van der Waals surface area contributed by atoms with Crippen molar-refractivity contribution < 1.29 is 24.5 Å². The zero-order valence-corrected chi connectivity index (χ0v) is 14.4. The molecule has 0 aliphatic carbocycles. The number of hydrogen-bond acceptors (Lipinski definition) is 7. The number of hydrazone groups is 1. The summed E-state index contributed by atoms with van der Waals surface area (Å²) in [5.41, 5.74) is 3.39. The van der Waals surface area contributed by atoms with Gasteiger partial charge in [0.05, 0.1) is 17.2 Å². The van der Waals surface area contributed by atoms with Crippen LogP contribution in [0.15, 0.2) is 39.9 Å². The highest BCUT2D eigenvalue weighted by Crippen LogP contribution is 2.34. The quantitative estimate of drug-likeness (QED) is 0.446. The highest BCUT2D eigenvalue weighted by Gasteiger charge is 2.13. The number of rotatable bonds is 5. The third kappa shape index (κ3) is 4.13. The summed E-state index contributed by atoms with van der Waals surface area (Å²) >= 11 is 3.13. The molecule has 1 aliphatic heterocycles. The summed E-state index contributed by atoms with van der Waals surface area (Å²) in [5, 5.41) is 25.8. The standard InChI is InChI=1S/C16H14BrN3O5/c17-11-3-9(12(21)5-13(11)22)6-19-20-16(23)7-18-10-1-2-14-15(4-10)25-8-24-14/h1-6,18,21-22H,7-8H2,(H,20,23)/b19-6-. The molecule has 0 unspecified atom stereocenters. The number of carbonyl (C=O) groups is 1. The van der Waals surface area contributed by atoms with Gasteiger partial charge in [-0.3, -0.25) is 4.79 Å². The maximum Gasteiger partial charge on any atom is 0.259 e. The van der Waals surface area contributed by atoms with Gasteiger partial charge in [-0.25, -0.2) is 5.43 Å². The average molecular weight is 408 g/mol. The Morgan fingerprint density at radius 2 is 2.00 bits per heavy atom. The van der Waals surface area contributed by atoms with E-state index in [0.29, 0.717) is 27.2 Å². The van der Waals surface area contributed by atoms with Crippen molar-refractivity contribution in [2.45, 2.75) is 0 Å². The van der Waals surface area contributed by atoms with Gasteiger partial charge in [0.1, 0.15) is 11.5 Å². The number of hydrogen-bond donors (Lipinski definition) is 4. The van der Waals surface area contributed by atoms with Gasteiger partial charge in [0.15, 0.2) is 11.5 Å². The molecule has 3 rings (SSSR count). The number of aromatic hydroxyl groups is 2. The maximum absolute atomic E-state index is 11.8. The van der Waals surface area contributed by atoms with E-state index >= 15 is 0 Å². The van der Waals surface area contributed by atoms with Crippen molar-refractivity contribution in [3.05, 3.63) is 40.4 Å². The SMILES string of the molecule is O=C(CNc1ccc2c(c1)OCO2)N/N=C\c1cc(Br)c(O)cc1O. The molecule has 1 aliphatic rings. The minimum atomic E-state index is -0.369. The molecule has 2 aromatic carbocycles. The molecule has 0 atom stereocenters. The van der Waals surface area contributed by atoms with Crippen LogP contribution in [-0.4, -0.2) is 35.7 Å². The van der Waals surface area contributed by atoms with Crippen LogP contribution < -0.4 is 20.2 Å². The molecule has 0 saturated carbocycles. The van der Waals surface area contributed by atoms with Crippen LogP contribution in [0, 0.1) is 0 Å². The second-order valence-electron chi connectivity index (χ2n) is 5.08. The number of amides is 1. The Bertz CT molecular complexity index is 841. The van der Waals surface area contributed by atoms with Crippen molar-refractivity contribution in [1.29, 1.82) is 0 Å². The molecule has 25 heavy (non-hydrogen) atoms. The van der Waals surface area contributed by atoms with Crippen molar-refractivity contribution in [2.24, 2.45) is 5.10 Å². The normalized spacial score (nSPS) is 12.4. The topological polar surface area (TPSA) is 112 Å². The predicted octanol–water partition coefficient (Wildman–Crippen LogP) is 2.15. The lowest BCUT2D eigenvalue weighted by atomic mass is 10.2. The maximum atomic E-state index is 11.8. The molecule has 9 heteroatoms. The second-order valence-corrected chi connectivity index (χ2v) is 5.93. The number of benzene rings is 2. The van der Waals surface area contributed by atoms with Gasteiger partial charge in [-0.1, -0.05) is 0 Å². The molecule has 1 amide bonds. The van der Waals surface area contributed by atoms with Crippen molar-refractivity contribution >= 4 is 33.7 Å². The molecule has 2 aromatic rings. The predicted molar refractivity (Wildman–Crippen MR) is 94.3 cm³/mol. The number of carbonyl (C=O) groups excluding carboxylic acids is 1. The zero-order valence-electron chi connectivity index (χ0n) is 12.8. The van der Waals surface area contributed by atoms with Crippen LogP contribution in [-0.2, 0) is 4.79 Å². The first-order chi connectivity index (χ1) is 12.0. The van der Waals surface area contributed by atoms with Gasteiger partial charge in [0.25, 0.3) is 5.91 Å². The summed E-state index contributed by atoms with van der Waals surface area (Å²) in [6, 6.07) is 7.92. The minimum absolute atomic E-state index is 0.00222. The third-order valence-corrected chi connectivity index (χ3v) is 3.95. The lowest BCUT2D eigenvalue weighted by Crippen LogP contribution is -2.25. The fourth-order valence-electron chi connectivity index (χ4n) is 2.07. The van der Waals surface area contributed by atoms with Crippen LogP contribution in [0.25, 0.3) is 0 Å². The minimum Gasteiger partial charge on any atom is -0.507 e. The van der Waals surface area contributed by atoms with Gasteiger partial charge in [0.2, 0.25) is 6.79 Å². The van der Waals surface area contributed by atoms with E-state index in [4.69, 9.17) is 9.47 Å². The van der Waals surface area contributed by atoms with Crippen molar-refractivity contribution in [3.8, 4) is 23.0 Å². The Morgan fingerprint density at radius 1 is 1.20 bits per heavy atom. The molecule has 0 bridgehead atoms. The molecule has 1 heterocycles. The number of halogens is 1. The van der Waals surface area contributed by atoms with Crippen LogP contribution in [0.5, 0.6) is 23.0 Å². The van der Waals surface area contributed by atoms with E-state index in [9.17, 15) is 15.0 Å². The second kappa shape index (κ2) is 7.31. The number of fused-ring (bicyclic) bond motifs is 1. The molecule has 0 saturated heterocycles. The summed E-state index contributed by atoms with van der Waals surface area (Å²) in [7, 11) is 0. The first-order valence-electron chi connectivity index (χ1n) is 7.20. The summed E-state index contributed by atoms with van der Waals surface area (Å²) < 4.78 is 10.9. The Morgan fingerprint density at radius 3 is 2.84 bits per heavy atom. The Hall–Kier alpha value is -2.94. The number of phenols is 2. The number of nitrogens with zero attached hydrogens (tertiary/aromatic N) is 1. The van der Waals surface area contributed by atoms with E-state index < -0.39 is 0 Å². The first kappa shape index (κ1) is 16.9. The summed E-state index contributed by atoms with van der Waals surface area (Å²) in [6.07, 6.45) is 1.28. The summed E-state index contributed by atoms with van der Waals surface area (Å²) in [5.74, 6) is 0.673. The van der Waals surface area contributed by atoms with Gasteiger partial charge < -0.3 is 25.0 Å². The molecular formula is C16H14BrN3O5. The summed E-state index contributed by atoms with van der Waals surface area (Å²) in [6.45, 7) is 0.191. The van der Waals surface area contributed by atoms with E-state index in [1.807, 2.05) is 0 Å². The van der Waals surface area contributed by atoms with Crippen LogP contribution >= 0.6 is 15.9 Å². The van der Waals surface area contributed by atoms with Gasteiger partial charge in [0, 0.05) is 23.4 Å². The van der Waals surface area contributed by atoms with Gasteiger partial charge in [-0.05, 0) is 34.1 Å². The van der Waals surface area contributed by atoms with E-state index in [1.54, 1.807) is 18.2 Å². The molecule has 0 spiro atoms. The van der Waals surface area contributed by atoms with Gasteiger partial charge in [-0.15, -0.1) is 0 Å². The highest BCUT2D eigenvalue weighted by molar-refractivity contribution is 9.10. The lowest BCUT2D eigenvalue weighted by molar-refractivity contribution is -0.119. The average Bonchev–Trinajstić information content (AvgIpc) is 3.05. The van der Waals surface area contributed by atoms with Gasteiger partial charge >= 0.3 is 0 Å². The molecular weight excluding hydrogens is 394 g/mol. The van der Waals surface area contributed by atoms with Crippen molar-refractivity contribution in [1.82, 2.24) is 5.43 Å². The van der Waals surface area contributed by atoms with E-state index in [-0.39, 0.29) is 30.7 Å². The summed E-state index contributed by atoms with van der Waals surface area (Å²) in [4.78, 5) is 11.8. The number of ether oxygens (including phenoxy) is 2. The molecule has 0 radical (unpaired) electrons. The smallest absolute Gasteiger partial charge is 0.259 e. The van der Waals surface area contributed by atoms with Crippen molar-refractivity contribution in [3.63, 3.8) is 0 Å². The van der Waals surface area contributed by atoms with E-state index in [1.165, 1.54) is 18.3 Å². The molecule has 8 nitrogen and oxygen atoms in total. The number of nitrogens with one attached hydrogen (secondary N) is 2. The highest BCUT2D eigenvalue weighted by atomic mass is 79.9. The zero-order chi connectivity index (χ0) is 17.8. The lowest BCUT2D eigenvalue weighted by Gasteiger charge is -2.06.